The standard InChI is InChI=1S/C20H33N5O.2ClH/c1-21-10-5-18-6-12-25(13-7-18)20(26)8-11-23-14-16-24(17-15-23)19-4-2-3-9-22-19;;/h2-4,9,18,21H,5-8,10-17H2,1H3;2*1H. The molecule has 2 saturated heterocycles. The molecule has 2 aliphatic heterocycles. The molecule has 0 bridgehead atoms. The molecule has 1 aromatic heterocycles. The summed E-state index contributed by atoms with van der Waals surface area (Å²) >= 11 is 0. The topological polar surface area (TPSA) is 51.7 Å². The molecular weight excluding hydrogens is 397 g/mol. The van der Waals surface area contributed by atoms with E-state index >= 15 is 0 Å². The lowest BCUT2D eigenvalue weighted by atomic mass is 9.93. The molecule has 2 aliphatic rings. The number of carbonyl (C=O) groups is 1. The van der Waals surface area contributed by atoms with Gasteiger partial charge in [0.15, 0.2) is 0 Å². The van der Waals surface area contributed by atoms with Crippen molar-refractivity contribution in [3.63, 3.8) is 0 Å². The molecule has 160 valence electrons. The average molecular weight is 432 g/mol. The van der Waals surface area contributed by atoms with E-state index < -0.39 is 0 Å². The number of hydrogen-bond donors (Lipinski definition) is 1. The summed E-state index contributed by atoms with van der Waals surface area (Å²) in [7, 11) is 2.01. The number of likely N-dealkylation sites (tertiary alicyclic amines) is 1. The highest BCUT2D eigenvalue weighted by atomic mass is 35.5. The van der Waals surface area contributed by atoms with Crippen molar-refractivity contribution >= 4 is 36.5 Å². The zero-order valence-corrected chi connectivity index (χ0v) is 18.5. The third-order valence-corrected chi connectivity index (χ3v) is 5.76. The van der Waals surface area contributed by atoms with Gasteiger partial charge in [0.1, 0.15) is 5.82 Å². The van der Waals surface area contributed by atoms with E-state index in [2.05, 4.69) is 31.1 Å². The van der Waals surface area contributed by atoms with Gasteiger partial charge in [-0.1, -0.05) is 6.07 Å². The maximum Gasteiger partial charge on any atom is 0.223 e. The number of pyridine rings is 1. The van der Waals surface area contributed by atoms with Crippen LogP contribution in [0.2, 0.25) is 0 Å². The van der Waals surface area contributed by atoms with Gasteiger partial charge >= 0.3 is 0 Å². The van der Waals surface area contributed by atoms with Gasteiger partial charge in [0.25, 0.3) is 0 Å². The third-order valence-electron chi connectivity index (χ3n) is 5.76. The second-order valence-electron chi connectivity index (χ2n) is 7.48. The molecule has 1 N–H and O–H groups in total. The van der Waals surface area contributed by atoms with Crippen LogP contribution in [0.3, 0.4) is 0 Å². The molecule has 0 radical (unpaired) electrons. The maximum absolute atomic E-state index is 12.5. The predicted octanol–water partition coefficient (Wildman–Crippen LogP) is 2.29. The number of nitrogens with one attached hydrogen (secondary N) is 1. The number of rotatable bonds is 7. The highest BCUT2D eigenvalue weighted by molar-refractivity contribution is 5.85. The first-order valence-electron chi connectivity index (χ1n) is 10.1. The van der Waals surface area contributed by atoms with Crippen molar-refractivity contribution < 1.29 is 4.79 Å². The largest absolute Gasteiger partial charge is 0.354 e. The first-order valence-corrected chi connectivity index (χ1v) is 10.1. The molecule has 0 saturated carbocycles. The second-order valence-corrected chi connectivity index (χ2v) is 7.48. The van der Waals surface area contributed by atoms with Gasteiger partial charge in [-0.3, -0.25) is 9.69 Å². The summed E-state index contributed by atoms with van der Waals surface area (Å²) in [5.41, 5.74) is 0. The van der Waals surface area contributed by atoms with Crippen LogP contribution in [0.25, 0.3) is 0 Å². The Morgan fingerprint density at radius 3 is 2.43 bits per heavy atom. The van der Waals surface area contributed by atoms with Gasteiger partial charge in [0, 0.05) is 58.4 Å². The van der Waals surface area contributed by atoms with Crippen LogP contribution in [0.1, 0.15) is 25.7 Å². The fourth-order valence-corrected chi connectivity index (χ4v) is 3.97. The van der Waals surface area contributed by atoms with E-state index in [0.29, 0.717) is 12.3 Å². The maximum atomic E-state index is 12.5. The van der Waals surface area contributed by atoms with Crippen LogP contribution < -0.4 is 10.2 Å². The van der Waals surface area contributed by atoms with Gasteiger partial charge in [-0.2, -0.15) is 0 Å². The van der Waals surface area contributed by atoms with Crippen molar-refractivity contribution in [3.05, 3.63) is 24.4 Å². The molecule has 0 spiro atoms. The average Bonchev–Trinajstić information content (AvgIpc) is 2.72. The number of aromatic nitrogens is 1. The predicted molar refractivity (Wildman–Crippen MR) is 120 cm³/mol. The smallest absolute Gasteiger partial charge is 0.223 e. The molecule has 1 aromatic rings. The molecule has 0 unspecified atom stereocenters. The summed E-state index contributed by atoms with van der Waals surface area (Å²) in [6, 6.07) is 6.06. The zero-order chi connectivity index (χ0) is 18.2. The lowest BCUT2D eigenvalue weighted by molar-refractivity contribution is -0.133. The summed E-state index contributed by atoms with van der Waals surface area (Å²) in [6.45, 7) is 7.86. The highest BCUT2D eigenvalue weighted by Gasteiger charge is 2.23. The Hall–Kier alpha value is -1.08. The molecule has 0 aliphatic carbocycles. The van der Waals surface area contributed by atoms with Crippen LogP contribution in [-0.4, -0.2) is 80.1 Å². The molecule has 0 atom stereocenters. The molecule has 3 heterocycles. The lowest BCUT2D eigenvalue weighted by Gasteiger charge is -2.36. The fourth-order valence-electron chi connectivity index (χ4n) is 3.97. The number of hydrogen-bond acceptors (Lipinski definition) is 5. The van der Waals surface area contributed by atoms with E-state index in [4.69, 9.17) is 0 Å². The van der Waals surface area contributed by atoms with E-state index in [1.807, 2.05) is 25.4 Å². The molecule has 0 aromatic carbocycles. The van der Waals surface area contributed by atoms with Gasteiger partial charge in [0.2, 0.25) is 5.91 Å². The summed E-state index contributed by atoms with van der Waals surface area (Å²) in [5.74, 6) is 2.18. The summed E-state index contributed by atoms with van der Waals surface area (Å²) < 4.78 is 0. The van der Waals surface area contributed by atoms with Gasteiger partial charge in [-0.25, -0.2) is 4.98 Å². The van der Waals surface area contributed by atoms with Crippen LogP contribution in [0.5, 0.6) is 0 Å². The number of anilines is 1. The Morgan fingerprint density at radius 1 is 1.11 bits per heavy atom. The van der Waals surface area contributed by atoms with Crippen LogP contribution in [0, 0.1) is 5.92 Å². The van der Waals surface area contributed by atoms with Crippen molar-refractivity contribution in [1.29, 1.82) is 0 Å². The Kier molecular flexibility index (Phi) is 11.8. The van der Waals surface area contributed by atoms with Gasteiger partial charge < -0.3 is 15.1 Å². The first kappa shape index (κ1) is 25.0. The van der Waals surface area contributed by atoms with Gasteiger partial charge in [-0.05, 0) is 50.9 Å². The fraction of sp³-hybridized carbons (Fsp3) is 0.700. The number of piperazine rings is 1. The normalized spacial score (nSPS) is 18.3. The van der Waals surface area contributed by atoms with Crippen LogP contribution in [0.15, 0.2) is 24.4 Å². The minimum absolute atomic E-state index is 0. The van der Waals surface area contributed by atoms with Crippen LogP contribution in [0.4, 0.5) is 5.82 Å². The van der Waals surface area contributed by atoms with E-state index in [1.165, 1.54) is 6.42 Å². The minimum Gasteiger partial charge on any atom is -0.354 e. The Labute approximate surface area is 181 Å². The molecule has 2 fully saturated rings. The first-order chi connectivity index (χ1) is 12.8. The Morgan fingerprint density at radius 2 is 1.82 bits per heavy atom. The van der Waals surface area contributed by atoms with Gasteiger partial charge in [0.05, 0.1) is 0 Å². The number of nitrogens with zero attached hydrogens (tertiary/aromatic N) is 4. The summed E-state index contributed by atoms with van der Waals surface area (Å²) in [5, 5.41) is 3.23. The Bertz CT molecular complexity index is 547. The second kappa shape index (κ2) is 13.2. The van der Waals surface area contributed by atoms with Crippen LogP contribution >= 0.6 is 24.8 Å². The number of piperidine rings is 1. The van der Waals surface area contributed by atoms with E-state index in [-0.39, 0.29) is 24.8 Å². The third kappa shape index (κ3) is 7.39. The monoisotopic (exact) mass is 431 g/mol. The number of halogens is 2. The number of amides is 1. The van der Waals surface area contributed by atoms with Gasteiger partial charge in [-0.15, -0.1) is 24.8 Å². The summed E-state index contributed by atoms with van der Waals surface area (Å²) in [6.07, 6.45) is 6.07. The quantitative estimate of drug-likeness (QED) is 0.717. The number of carbonyl (C=O) groups excluding carboxylic acids is 1. The molecular formula is C20H35Cl2N5O. The van der Waals surface area contributed by atoms with Crippen molar-refractivity contribution in [3.8, 4) is 0 Å². The SMILES string of the molecule is CNCCC1CCN(C(=O)CCN2CCN(c3ccccn3)CC2)CC1.Cl.Cl. The van der Waals surface area contributed by atoms with E-state index in [9.17, 15) is 4.79 Å². The van der Waals surface area contributed by atoms with Crippen LogP contribution in [-0.2, 0) is 4.79 Å². The van der Waals surface area contributed by atoms with Crippen molar-refractivity contribution in [1.82, 2.24) is 20.1 Å². The zero-order valence-electron chi connectivity index (χ0n) is 16.9. The Balaban J connectivity index is 0.00000196. The van der Waals surface area contributed by atoms with Crippen molar-refractivity contribution in [2.75, 3.05) is 64.3 Å². The highest BCUT2D eigenvalue weighted by Crippen LogP contribution is 2.20. The molecule has 1 amide bonds. The van der Waals surface area contributed by atoms with Crippen molar-refractivity contribution in [2.45, 2.75) is 25.7 Å². The van der Waals surface area contributed by atoms with E-state index in [1.54, 1.807) is 0 Å². The van der Waals surface area contributed by atoms with E-state index in [0.717, 1.165) is 76.9 Å². The molecule has 6 nitrogen and oxygen atoms in total. The molecule has 28 heavy (non-hydrogen) atoms. The summed E-state index contributed by atoms with van der Waals surface area (Å²) in [4.78, 5) is 23.8. The minimum atomic E-state index is 0. The molecule has 8 heteroatoms. The molecule has 3 rings (SSSR count). The van der Waals surface area contributed by atoms with Crippen molar-refractivity contribution in [2.24, 2.45) is 5.92 Å². The lowest BCUT2D eigenvalue weighted by Crippen LogP contribution is -2.48.